The van der Waals surface area contributed by atoms with Crippen LogP contribution in [0.5, 0.6) is 0 Å². The maximum atomic E-state index is 12.9. The molecule has 0 aliphatic heterocycles. The van der Waals surface area contributed by atoms with E-state index in [1.54, 1.807) is 0 Å². The van der Waals surface area contributed by atoms with Crippen molar-refractivity contribution in [3.05, 3.63) is 62.7 Å². The third-order valence-electron chi connectivity index (χ3n) is 2.81. The number of rotatable bonds is 4. The molecule has 0 spiro atoms. The predicted molar refractivity (Wildman–Crippen MR) is 70.3 cm³/mol. The van der Waals surface area contributed by atoms with E-state index in [4.69, 9.17) is 10.2 Å². The molecule has 0 unspecified atom stereocenters. The standard InChI is InChI=1S/C13H11FN2O5/c14-8-1-3-9(4-2-8)16-11(18)10(12(19)20)7-15(5-6-17)13(16)21/h1-4,7,17H,5-6H2,(H,19,20). The molecule has 8 heteroatoms. The quantitative estimate of drug-likeness (QED) is 0.815. The lowest BCUT2D eigenvalue weighted by molar-refractivity contribution is 0.0693. The molecule has 0 saturated heterocycles. The van der Waals surface area contributed by atoms with Crippen molar-refractivity contribution in [2.24, 2.45) is 0 Å². The summed E-state index contributed by atoms with van der Waals surface area (Å²) in [4.78, 5) is 35.3. The van der Waals surface area contributed by atoms with Gasteiger partial charge in [0, 0.05) is 6.20 Å². The Morgan fingerprint density at radius 1 is 1.19 bits per heavy atom. The van der Waals surface area contributed by atoms with E-state index in [1.807, 2.05) is 0 Å². The molecule has 110 valence electrons. The van der Waals surface area contributed by atoms with Crippen molar-refractivity contribution in [2.75, 3.05) is 6.61 Å². The molecule has 0 aliphatic carbocycles. The summed E-state index contributed by atoms with van der Waals surface area (Å²) in [5.41, 5.74) is -2.41. The van der Waals surface area contributed by atoms with Crippen LogP contribution in [0.25, 0.3) is 5.69 Å². The molecular formula is C13H11FN2O5. The number of hydrogen-bond donors (Lipinski definition) is 2. The molecule has 0 atom stereocenters. The molecule has 2 N–H and O–H groups in total. The molecular weight excluding hydrogens is 283 g/mol. The maximum Gasteiger partial charge on any atom is 0.342 e. The first-order valence-electron chi connectivity index (χ1n) is 5.92. The largest absolute Gasteiger partial charge is 0.477 e. The fraction of sp³-hybridized carbons (Fsp3) is 0.154. The zero-order chi connectivity index (χ0) is 15.6. The van der Waals surface area contributed by atoms with Crippen molar-refractivity contribution in [3.8, 4) is 5.69 Å². The lowest BCUT2D eigenvalue weighted by Gasteiger charge is -2.10. The molecule has 2 rings (SSSR count). The molecule has 2 aromatic rings. The number of nitrogens with zero attached hydrogens (tertiary/aromatic N) is 2. The van der Waals surface area contributed by atoms with Gasteiger partial charge in [0.1, 0.15) is 11.4 Å². The van der Waals surface area contributed by atoms with Gasteiger partial charge in [0.05, 0.1) is 18.8 Å². The van der Waals surface area contributed by atoms with Crippen molar-refractivity contribution in [1.29, 1.82) is 0 Å². The Morgan fingerprint density at radius 3 is 2.33 bits per heavy atom. The summed E-state index contributed by atoms with van der Waals surface area (Å²) in [6.45, 7) is -0.568. The van der Waals surface area contributed by atoms with Crippen LogP contribution in [0.15, 0.2) is 40.1 Å². The van der Waals surface area contributed by atoms with Gasteiger partial charge in [0.15, 0.2) is 0 Å². The number of benzene rings is 1. The molecule has 0 aliphatic rings. The SMILES string of the molecule is O=C(O)c1cn(CCO)c(=O)n(-c2ccc(F)cc2)c1=O. The summed E-state index contributed by atoms with van der Waals surface area (Å²) in [6.07, 6.45) is 0.878. The zero-order valence-electron chi connectivity index (χ0n) is 10.7. The minimum absolute atomic E-state index is 0.0428. The van der Waals surface area contributed by atoms with Gasteiger partial charge in [-0.2, -0.15) is 0 Å². The molecule has 1 heterocycles. The van der Waals surface area contributed by atoms with Gasteiger partial charge in [-0.3, -0.25) is 9.36 Å². The van der Waals surface area contributed by atoms with Gasteiger partial charge in [-0.05, 0) is 24.3 Å². The van der Waals surface area contributed by atoms with E-state index in [0.29, 0.717) is 4.57 Å². The van der Waals surface area contributed by atoms with Gasteiger partial charge in [-0.25, -0.2) is 18.5 Å². The average Bonchev–Trinajstić information content (AvgIpc) is 2.44. The third-order valence-corrected chi connectivity index (χ3v) is 2.81. The van der Waals surface area contributed by atoms with E-state index in [2.05, 4.69) is 0 Å². The van der Waals surface area contributed by atoms with Gasteiger partial charge in [-0.1, -0.05) is 0 Å². The van der Waals surface area contributed by atoms with Crippen LogP contribution < -0.4 is 11.2 Å². The highest BCUT2D eigenvalue weighted by Crippen LogP contribution is 2.05. The van der Waals surface area contributed by atoms with Crippen LogP contribution in [0.1, 0.15) is 10.4 Å². The van der Waals surface area contributed by atoms with E-state index < -0.39 is 35.2 Å². The first-order chi connectivity index (χ1) is 9.95. The normalized spacial score (nSPS) is 10.6. The lowest BCUT2D eigenvalue weighted by Crippen LogP contribution is -2.41. The second-order valence-corrected chi connectivity index (χ2v) is 4.16. The summed E-state index contributed by atoms with van der Waals surface area (Å²) < 4.78 is 14.4. The highest BCUT2D eigenvalue weighted by molar-refractivity contribution is 5.86. The van der Waals surface area contributed by atoms with Crippen LogP contribution >= 0.6 is 0 Å². The molecule has 0 fully saturated rings. The topological polar surface area (TPSA) is 102 Å². The second kappa shape index (κ2) is 5.71. The number of hydrogen-bond acceptors (Lipinski definition) is 4. The van der Waals surface area contributed by atoms with E-state index in [1.165, 1.54) is 12.1 Å². The number of aromatic nitrogens is 2. The minimum Gasteiger partial charge on any atom is -0.477 e. The summed E-state index contributed by atoms with van der Waals surface area (Å²) >= 11 is 0. The minimum atomic E-state index is -1.50. The fourth-order valence-corrected chi connectivity index (χ4v) is 1.83. The Hall–Kier alpha value is -2.74. The molecule has 0 bridgehead atoms. The zero-order valence-corrected chi connectivity index (χ0v) is 10.7. The van der Waals surface area contributed by atoms with Gasteiger partial charge < -0.3 is 10.2 Å². The number of aliphatic hydroxyl groups is 1. The van der Waals surface area contributed by atoms with Crippen LogP contribution in [-0.2, 0) is 6.54 Å². The van der Waals surface area contributed by atoms with Crippen molar-refractivity contribution in [1.82, 2.24) is 9.13 Å². The highest BCUT2D eigenvalue weighted by Gasteiger charge is 2.17. The summed E-state index contributed by atoms with van der Waals surface area (Å²) in [5.74, 6) is -2.06. The Kier molecular flexibility index (Phi) is 3.99. The Bertz CT molecular complexity index is 792. The number of aliphatic hydroxyl groups excluding tert-OH is 1. The monoisotopic (exact) mass is 294 g/mol. The molecule has 21 heavy (non-hydrogen) atoms. The van der Waals surface area contributed by atoms with Crippen LogP contribution in [0.3, 0.4) is 0 Å². The van der Waals surface area contributed by atoms with Crippen molar-refractivity contribution in [2.45, 2.75) is 6.54 Å². The summed E-state index contributed by atoms with van der Waals surface area (Å²) in [6, 6.07) is 4.47. The van der Waals surface area contributed by atoms with E-state index in [0.717, 1.165) is 22.9 Å². The smallest absolute Gasteiger partial charge is 0.342 e. The summed E-state index contributed by atoms with van der Waals surface area (Å²) in [5, 5.41) is 17.9. The van der Waals surface area contributed by atoms with Gasteiger partial charge in [0.2, 0.25) is 0 Å². The molecule has 0 saturated carbocycles. The molecule has 1 aromatic carbocycles. The predicted octanol–water partition coefficient (Wildman–Crippen LogP) is -0.171. The second-order valence-electron chi connectivity index (χ2n) is 4.16. The highest BCUT2D eigenvalue weighted by atomic mass is 19.1. The molecule has 0 amide bonds. The van der Waals surface area contributed by atoms with Gasteiger partial charge >= 0.3 is 11.7 Å². The number of carboxylic acid groups (broad SMARTS) is 1. The fourth-order valence-electron chi connectivity index (χ4n) is 1.83. The maximum absolute atomic E-state index is 12.9. The lowest BCUT2D eigenvalue weighted by atomic mass is 10.3. The van der Waals surface area contributed by atoms with Crippen molar-refractivity contribution in [3.63, 3.8) is 0 Å². The Labute approximate surface area is 117 Å². The van der Waals surface area contributed by atoms with Crippen LogP contribution in [0.2, 0.25) is 0 Å². The van der Waals surface area contributed by atoms with Crippen molar-refractivity contribution >= 4 is 5.97 Å². The number of aromatic carboxylic acids is 1. The Balaban J connectivity index is 2.80. The number of halogens is 1. The summed E-state index contributed by atoms with van der Waals surface area (Å²) in [7, 11) is 0. The molecule has 0 radical (unpaired) electrons. The average molecular weight is 294 g/mol. The van der Waals surface area contributed by atoms with E-state index >= 15 is 0 Å². The first-order valence-corrected chi connectivity index (χ1v) is 5.92. The van der Waals surface area contributed by atoms with Gasteiger partial charge in [-0.15, -0.1) is 0 Å². The van der Waals surface area contributed by atoms with E-state index in [-0.39, 0.29) is 12.2 Å². The van der Waals surface area contributed by atoms with Crippen LogP contribution in [0.4, 0.5) is 4.39 Å². The number of carboxylic acids is 1. The Morgan fingerprint density at radius 2 is 1.81 bits per heavy atom. The first kappa shape index (κ1) is 14.7. The molecule has 1 aromatic heterocycles. The van der Waals surface area contributed by atoms with Crippen LogP contribution in [-0.4, -0.2) is 31.9 Å². The van der Waals surface area contributed by atoms with Crippen molar-refractivity contribution < 1.29 is 19.4 Å². The molecule has 7 nitrogen and oxygen atoms in total. The third kappa shape index (κ3) is 2.75. The van der Waals surface area contributed by atoms with Gasteiger partial charge in [0.25, 0.3) is 5.56 Å². The number of carbonyl (C=O) groups is 1. The van der Waals surface area contributed by atoms with E-state index in [9.17, 15) is 18.8 Å². The van der Waals surface area contributed by atoms with Crippen LogP contribution in [0, 0.1) is 5.82 Å².